The summed E-state index contributed by atoms with van der Waals surface area (Å²) in [7, 11) is 0. The summed E-state index contributed by atoms with van der Waals surface area (Å²) < 4.78 is 0. The van der Waals surface area contributed by atoms with Gasteiger partial charge < -0.3 is 10.6 Å². The van der Waals surface area contributed by atoms with Crippen molar-refractivity contribution in [3.63, 3.8) is 0 Å². The Morgan fingerprint density at radius 1 is 1.33 bits per heavy atom. The molecule has 108 valence electrons. The van der Waals surface area contributed by atoms with Crippen LogP contribution in [-0.2, 0) is 4.79 Å². The summed E-state index contributed by atoms with van der Waals surface area (Å²) in [6.07, 6.45) is 3.51. The fourth-order valence-corrected chi connectivity index (χ4v) is 2.54. The second-order valence-electron chi connectivity index (χ2n) is 5.08. The number of thiophene rings is 1. The van der Waals surface area contributed by atoms with E-state index in [1.807, 2.05) is 18.4 Å². The molecule has 0 atom stereocenters. The number of hydrogen-bond acceptors (Lipinski definition) is 4. The number of hydrogen-bond donors (Lipinski definition) is 2. The molecular formula is C15H15N3O2S. The molecule has 1 saturated carbocycles. The van der Waals surface area contributed by atoms with Crippen molar-refractivity contribution in [3.8, 4) is 0 Å². The fraction of sp³-hybridized carbons (Fsp3) is 0.267. The Labute approximate surface area is 126 Å². The molecule has 0 aliphatic heterocycles. The third kappa shape index (κ3) is 3.28. The molecule has 5 nitrogen and oxygen atoms in total. The lowest BCUT2D eigenvalue weighted by Crippen LogP contribution is -2.15. The standard InChI is InChI=1S/C15H15N3O2S/c1-9-7-13(18-15(20)12-3-2-6-21-12)16-8-11(9)17-14(19)10-4-5-10/h2-3,6-8,10H,4-5H2,1H3,(H,17,19)(H,16,18,20). The Bertz CT molecular complexity index is 678. The van der Waals surface area contributed by atoms with Gasteiger partial charge in [0.1, 0.15) is 5.82 Å². The number of rotatable bonds is 4. The first kappa shape index (κ1) is 13.8. The first-order valence-electron chi connectivity index (χ1n) is 6.76. The van der Waals surface area contributed by atoms with Crippen LogP contribution in [0, 0.1) is 12.8 Å². The molecule has 0 aromatic carbocycles. The quantitative estimate of drug-likeness (QED) is 0.911. The Kier molecular flexibility index (Phi) is 3.70. The van der Waals surface area contributed by atoms with Gasteiger partial charge in [0.25, 0.3) is 5.91 Å². The molecule has 3 rings (SSSR count). The van der Waals surface area contributed by atoms with Gasteiger partial charge in [-0.15, -0.1) is 11.3 Å². The van der Waals surface area contributed by atoms with E-state index in [0.29, 0.717) is 16.4 Å². The summed E-state index contributed by atoms with van der Waals surface area (Å²) in [5, 5.41) is 7.47. The van der Waals surface area contributed by atoms with E-state index < -0.39 is 0 Å². The van der Waals surface area contributed by atoms with Crippen LogP contribution in [0.25, 0.3) is 0 Å². The minimum Gasteiger partial charge on any atom is -0.324 e. The molecule has 2 amide bonds. The van der Waals surface area contributed by atoms with Crippen LogP contribution in [0.1, 0.15) is 28.1 Å². The van der Waals surface area contributed by atoms with Crippen LogP contribution in [0.3, 0.4) is 0 Å². The van der Waals surface area contributed by atoms with E-state index in [4.69, 9.17) is 0 Å². The van der Waals surface area contributed by atoms with Crippen molar-refractivity contribution in [2.75, 3.05) is 10.6 Å². The van der Waals surface area contributed by atoms with Gasteiger partial charge in [0.15, 0.2) is 0 Å². The maximum Gasteiger partial charge on any atom is 0.266 e. The molecule has 0 unspecified atom stereocenters. The lowest BCUT2D eigenvalue weighted by Gasteiger charge is -2.09. The lowest BCUT2D eigenvalue weighted by molar-refractivity contribution is -0.117. The number of aryl methyl sites for hydroxylation is 1. The van der Waals surface area contributed by atoms with Crippen molar-refractivity contribution < 1.29 is 9.59 Å². The van der Waals surface area contributed by atoms with Gasteiger partial charge in [-0.1, -0.05) is 6.07 Å². The third-order valence-corrected chi connectivity index (χ3v) is 4.17. The Morgan fingerprint density at radius 2 is 2.14 bits per heavy atom. The molecule has 1 aliphatic rings. The van der Waals surface area contributed by atoms with Crippen LogP contribution in [0.4, 0.5) is 11.5 Å². The highest BCUT2D eigenvalue weighted by Crippen LogP contribution is 2.30. The van der Waals surface area contributed by atoms with E-state index in [1.165, 1.54) is 11.3 Å². The second-order valence-corrected chi connectivity index (χ2v) is 6.03. The zero-order chi connectivity index (χ0) is 14.8. The number of carbonyl (C=O) groups excluding carboxylic acids is 2. The van der Waals surface area contributed by atoms with Crippen LogP contribution in [0.15, 0.2) is 29.8 Å². The molecule has 1 aliphatic carbocycles. The summed E-state index contributed by atoms with van der Waals surface area (Å²) >= 11 is 1.38. The predicted molar refractivity (Wildman–Crippen MR) is 82.6 cm³/mol. The van der Waals surface area contributed by atoms with E-state index in [-0.39, 0.29) is 17.7 Å². The molecule has 0 spiro atoms. The van der Waals surface area contributed by atoms with Gasteiger partial charge in [-0.3, -0.25) is 9.59 Å². The lowest BCUT2D eigenvalue weighted by atomic mass is 10.2. The number of pyridine rings is 1. The SMILES string of the molecule is Cc1cc(NC(=O)c2cccs2)ncc1NC(=O)C1CC1. The predicted octanol–water partition coefficient (Wildman–Crippen LogP) is 3.05. The molecule has 21 heavy (non-hydrogen) atoms. The maximum absolute atomic E-state index is 11.9. The molecule has 2 aromatic heterocycles. The van der Waals surface area contributed by atoms with Gasteiger partial charge in [0.05, 0.1) is 16.8 Å². The van der Waals surface area contributed by atoms with Crippen LogP contribution in [0.2, 0.25) is 0 Å². The summed E-state index contributed by atoms with van der Waals surface area (Å²) in [4.78, 5) is 28.5. The third-order valence-electron chi connectivity index (χ3n) is 3.30. The summed E-state index contributed by atoms with van der Waals surface area (Å²) in [6, 6.07) is 5.35. The molecule has 0 bridgehead atoms. The summed E-state index contributed by atoms with van der Waals surface area (Å²) in [5.74, 6) is 0.514. The van der Waals surface area contributed by atoms with Crippen molar-refractivity contribution in [2.45, 2.75) is 19.8 Å². The number of amides is 2. The van der Waals surface area contributed by atoms with Crippen molar-refractivity contribution in [2.24, 2.45) is 5.92 Å². The van der Waals surface area contributed by atoms with Crippen LogP contribution < -0.4 is 10.6 Å². The number of aromatic nitrogens is 1. The Morgan fingerprint density at radius 3 is 2.76 bits per heavy atom. The minimum absolute atomic E-state index is 0.0512. The van der Waals surface area contributed by atoms with E-state index >= 15 is 0 Å². The van der Waals surface area contributed by atoms with Gasteiger partial charge in [-0.05, 0) is 42.8 Å². The number of nitrogens with zero attached hydrogens (tertiary/aromatic N) is 1. The van der Waals surface area contributed by atoms with E-state index in [1.54, 1.807) is 18.3 Å². The molecule has 2 heterocycles. The zero-order valence-electron chi connectivity index (χ0n) is 11.6. The van der Waals surface area contributed by atoms with E-state index in [0.717, 1.165) is 18.4 Å². The molecular weight excluding hydrogens is 286 g/mol. The van der Waals surface area contributed by atoms with Gasteiger partial charge in [-0.25, -0.2) is 4.98 Å². The van der Waals surface area contributed by atoms with Crippen LogP contribution >= 0.6 is 11.3 Å². The number of carbonyl (C=O) groups is 2. The highest BCUT2D eigenvalue weighted by molar-refractivity contribution is 7.12. The Balaban J connectivity index is 1.68. The highest BCUT2D eigenvalue weighted by atomic mass is 32.1. The highest BCUT2D eigenvalue weighted by Gasteiger charge is 2.29. The Hall–Kier alpha value is -2.21. The molecule has 0 radical (unpaired) electrons. The molecule has 2 N–H and O–H groups in total. The average molecular weight is 301 g/mol. The maximum atomic E-state index is 11.9. The summed E-state index contributed by atoms with van der Waals surface area (Å²) in [6.45, 7) is 1.88. The summed E-state index contributed by atoms with van der Waals surface area (Å²) in [5.41, 5.74) is 1.57. The average Bonchev–Trinajstić information content (AvgIpc) is 3.16. The normalized spacial score (nSPS) is 13.8. The topological polar surface area (TPSA) is 71.1 Å². The molecule has 0 saturated heterocycles. The van der Waals surface area contributed by atoms with E-state index in [9.17, 15) is 9.59 Å². The second kappa shape index (κ2) is 5.65. The van der Waals surface area contributed by atoms with Gasteiger partial charge >= 0.3 is 0 Å². The van der Waals surface area contributed by atoms with Crippen LogP contribution in [-0.4, -0.2) is 16.8 Å². The van der Waals surface area contributed by atoms with Crippen molar-refractivity contribution in [1.29, 1.82) is 0 Å². The number of nitrogens with one attached hydrogen (secondary N) is 2. The minimum atomic E-state index is -0.174. The monoisotopic (exact) mass is 301 g/mol. The fourth-order valence-electron chi connectivity index (χ4n) is 1.92. The van der Waals surface area contributed by atoms with Gasteiger partial charge in [0.2, 0.25) is 5.91 Å². The molecule has 6 heteroatoms. The molecule has 1 fully saturated rings. The van der Waals surface area contributed by atoms with Crippen LogP contribution in [0.5, 0.6) is 0 Å². The smallest absolute Gasteiger partial charge is 0.266 e. The first-order chi connectivity index (χ1) is 10.1. The van der Waals surface area contributed by atoms with Gasteiger partial charge in [0, 0.05) is 5.92 Å². The molecule has 2 aromatic rings. The van der Waals surface area contributed by atoms with E-state index in [2.05, 4.69) is 15.6 Å². The van der Waals surface area contributed by atoms with Crippen molar-refractivity contribution in [1.82, 2.24) is 4.98 Å². The largest absolute Gasteiger partial charge is 0.324 e. The van der Waals surface area contributed by atoms with Crippen molar-refractivity contribution >= 4 is 34.7 Å². The zero-order valence-corrected chi connectivity index (χ0v) is 12.4. The first-order valence-corrected chi connectivity index (χ1v) is 7.64. The van der Waals surface area contributed by atoms with Gasteiger partial charge in [-0.2, -0.15) is 0 Å². The number of anilines is 2. The van der Waals surface area contributed by atoms with Crippen molar-refractivity contribution in [3.05, 3.63) is 40.2 Å².